The van der Waals surface area contributed by atoms with Crippen LogP contribution in [0.5, 0.6) is 5.75 Å². The summed E-state index contributed by atoms with van der Waals surface area (Å²) in [6, 6.07) is 3.64. The number of alkyl carbamates (subject to hydrolysis) is 1. The highest BCUT2D eigenvalue weighted by Crippen LogP contribution is 2.36. The minimum Gasteiger partial charge on any atom is -0.485 e. The van der Waals surface area contributed by atoms with Gasteiger partial charge in [0.15, 0.2) is 19.8 Å². The van der Waals surface area contributed by atoms with Crippen molar-refractivity contribution in [2.75, 3.05) is 13.2 Å². The Balaban J connectivity index is 2.65. The summed E-state index contributed by atoms with van der Waals surface area (Å²) in [6.07, 6.45) is 1.03. The topological polar surface area (TPSA) is 69.7 Å². The molecule has 1 aromatic heterocycles. The van der Waals surface area contributed by atoms with Gasteiger partial charge in [-0.15, -0.1) is 0 Å². The largest absolute Gasteiger partial charge is 0.485 e. The van der Waals surface area contributed by atoms with Crippen LogP contribution in [0.15, 0.2) is 18.3 Å². The van der Waals surface area contributed by atoms with E-state index in [1.54, 1.807) is 12.3 Å². The molecule has 1 atom stereocenters. The van der Waals surface area contributed by atoms with Crippen LogP contribution in [-0.2, 0) is 9.16 Å². The molecule has 0 bridgehead atoms. The van der Waals surface area contributed by atoms with Gasteiger partial charge in [0.25, 0.3) is 0 Å². The molecule has 0 spiro atoms. The van der Waals surface area contributed by atoms with Gasteiger partial charge < -0.3 is 19.2 Å². The molecule has 0 aliphatic carbocycles. The summed E-state index contributed by atoms with van der Waals surface area (Å²) in [4.78, 5) is 15.9. The van der Waals surface area contributed by atoms with Gasteiger partial charge in [-0.3, -0.25) is 0 Å². The number of rotatable bonds is 6. The lowest BCUT2D eigenvalue weighted by molar-refractivity contribution is 0.0535. The minimum atomic E-state index is -1.83. The van der Waals surface area contributed by atoms with Gasteiger partial charge in [-0.05, 0) is 63.9 Å². The van der Waals surface area contributed by atoms with Gasteiger partial charge in [0.05, 0.1) is 13.2 Å². The fraction of sp³-hybridized carbons (Fsp3) is 0.636. The molecule has 1 N–H and O–H groups in total. The van der Waals surface area contributed by atoms with E-state index in [1.165, 1.54) is 0 Å². The van der Waals surface area contributed by atoms with E-state index < -0.39 is 20.0 Å². The van der Waals surface area contributed by atoms with Crippen molar-refractivity contribution in [3.05, 3.63) is 24.0 Å². The average Bonchev–Trinajstić information content (AvgIpc) is 2.56. The molecule has 0 saturated carbocycles. The Morgan fingerprint density at radius 3 is 2.48 bits per heavy atom. The summed E-state index contributed by atoms with van der Waals surface area (Å²) in [7, 11) is -1.83. The van der Waals surface area contributed by atoms with Crippen molar-refractivity contribution in [1.29, 1.82) is 0 Å². The number of carbonyl (C=O) groups is 1. The van der Waals surface area contributed by atoms with Crippen molar-refractivity contribution < 1.29 is 18.7 Å². The predicted octanol–water partition coefficient (Wildman–Crippen LogP) is 4.75. The van der Waals surface area contributed by atoms with Crippen LogP contribution in [0.2, 0.25) is 18.1 Å². The zero-order valence-electron chi connectivity index (χ0n) is 19.3. The average molecular weight is 421 g/mol. The number of hydrogen-bond acceptors (Lipinski definition) is 5. The molecule has 1 amide bonds. The van der Waals surface area contributed by atoms with E-state index in [0.29, 0.717) is 18.1 Å². The van der Waals surface area contributed by atoms with Crippen molar-refractivity contribution in [2.24, 2.45) is 0 Å². The number of aromatic nitrogens is 1. The van der Waals surface area contributed by atoms with Crippen LogP contribution in [0.4, 0.5) is 4.79 Å². The van der Waals surface area contributed by atoms with Crippen LogP contribution >= 0.6 is 0 Å². The summed E-state index contributed by atoms with van der Waals surface area (Å²) in [5, 5.41) is 2.75. The third-order valence-electron chi connectivity index (χ3n) is 4.51. The standard InChI is InChI=1S/C22H36N2O4Si/c1-17(16-26-29(8,9)22(5,6)7)27-19-13-11-14-23-18(19)12-10-15-24-20(25)28-21(2,3)4/h11,13-14,17H,15-16H2,1-9H3,(H,24,25)/t17-/m1/s1. The fourth-order valence-corrected chi connectivity index (χ4v) is 3.02. The molecule has 7 heteroatoms. The van der Waals surface area contributed by atoms with Gasteiger partial charge in [0.1, 0.15) is 11.7 Å². The lowest BCUT2D eigenvalue weighted by Gasteiger charge is -2.36. The molecule has 1 rings (SSSR count). The van der Waals surface area contributed by atoms with Gasteiger partial charge in [0.2, 0.25) is 0 Å². The predicted molar refractivity (Wildman–Crippen MR) is 119 cm³/mol. The van der Waals surface area contributed by atoms with Crippen LogP contribution in [0, 0.1) is 11.8 Å². The molecule has 0 fully saturated rings. The number of nitrogens with zero attached hydrogens (tertiary/aromatic N) is 1. The number of amides is 1. The molecular weight excluding hydrogens is 384 g/mol. The van der Waals surface area contributed by atoms with Gasteiger partial charge in [0, 0.05) is 6.20 Å². The maximum atomic E-state index is 11.7. The van der Waals surface area contributed by atoms with Gasteiger partial charge in [-0.1, -0.05) is 26.7 Å². The second kappa shape index (κ2) is 10.1. The lowest BCUT2D eigenvalue weighted by Crippen LogP contribution is -2.43. The zero-order valence-corrected chi connectivity index (χ0v) is 20.3. The smallest absolute Gasteiger partial charge is 0.408 e. The van der Waals surface area contributed by atoms with Crippen molar-refractivity contribution in [3.63, 3.8) is 0 Å². The third-order valence-corrected chi connectivity index (χ3v) is 9.01. The summed E-state index contributed by atoms with van der Waals surface area (Å²) in [6.45, 7) is 19.2. The molecule has 0 unspecified atom stereocenters. The molecular formula is C22H36N2O4Si. The maximum Gasteiger partial charge on any atom is 0.408 e. The molecule has 162 valence electrons. The van der Waals surface area contributed by atoms with Crippen LogP contribution in [0.25, 0.3) is 0 Å². The van der Waals surface area contributed by atoms with E-state index in [1.807, 2.05) is 33.8 Å². The SMILES string of the molecule is C[C@H](CO[Si](C)(C)C(C)(C)C)Oc1cccnc1C#CCNC(=O)OC(C)(C)C. The Morgan fingerprint density at radius 1 is 1.24 bits per heavy atom. The van der Waals surface area contributed by atoms with Crippen LogP contribution in [0.3, 0.4) is 0 Å². The molecule has 0 saturated heterocycles. The van der Waals surface area contributed by atoms with Crippen molar-refractivity contribution in [1.82, 2.24) is 10.3 Å². The first-order valence-corrected chi connectivity index (χ1v) is 12.8. The highest BCUT2D eigenvalue weighted by Gasteiger charge is 2.37. The normalized spacial score (nSPS) is 13.1. The highest BCUT2D eigenvalue weighted by atomic mass is 28.4. The number of ether oxygens (including phenoxy) is 2. The minimum absolute atomic E-state index is 0.131. The zero-order chi connectivity index (χ0) is 22.3. The van der Waals surface area contributed by atoms with Gasteiger partial charge in [-0.2, -0.15) is 0 Å². The lowest BCUT2D eigenvalue weighted by atomic mass is 10.2. The highest BCUT2D eigenvalue weighted by molar-refractivity contribution is 6.74. The van der Waals surface area contributed by atoms with E-state index in [-0.39, 0.29) is 17.7 Å². The van der Waals surface area contributed by atoms with E-state index in [2.05, 4.69) is 56.0 Å². The van der Waals surface area contributed by atoms with Crippen LogP contribution in [0.1, 0.15) is 54.2 Å². The molecule has 6 nitrogen and oxygen atoms in total. The molecule has 0 aliphatic rings. The number of hydrogen-bond donors (Lipinski definition) is 1. The molecule has 0 aliphatic heterocycles. The fourth-order valence-electron chi connectivity index (χ4n) is 1.93. The second-order valence-corrected chi connectivity index (χ2v) is 14.3. The number of carbonyl (C=O) groups excluding carboxylic acids is 1. The summed E-state index contributed by atoms with van der Waals surface area (Å²) < 4.78 is 17.4. The first-order chi connectivity index (χ1) is 13.2. The molecule has 1 heterocycles. The first kappa shape index (κ1) is 25.0. The molecule has 29 heavy (non-hydrogen) atoms. The van der Waals surface area contributed by atoms with E-state index in [4.69, 9.17) is 13.9 Å². The van der Waals surface area contributed by atoms with Crippen molar-refractivity contribution in [3.8, 4) is 17.6 Å². The Hall–Kier alpha value is -2.04. The molecule has 0 aromatic carbocycles. The van der Waals surface area contributed by atoms with E-state index in [9.17, 15) is 4.79 Å². The Morgan fingerprint density at radius 2 is 1.90 bits per heavy atom. The molecule has 1 aromatic rings. The van der Waals surface area contributed by atoms with Crippen LogP contribution in [-0.4, -0.2) is 44.3 Å². The van der Waals surface area contributed by atoms with Crippen LogP contribution < -0.4 is 10.1 Å². The van der Waals surface area contributed by atoms with E-state index >= 15 is 0 Å². The monoisotopic (exact) mass is 420 g/mol. The Kier molecular flexibility index (Phi) is 8.73. The third kappa shape index (κ3) is 9.33. The first-order valence-electron chi connectivity index (χ1n) is 9.92. The summed E-state index contributed by atoms with van der Waals surface area (Å²) >= 11 is 0. The summed E-state index contributed by atoms with van der Waals surface area (Å²) in [5.74, 6) is 6.42. The maximum absolute atomic E-state index is 11.7. The van der Waals surface area contributed by atoms with Crippen molar-refractivity contribution in [2.45, 2.75) is 78.3 Å². The molecule has 0 radical (unpaired) electrons. The second-order valence-electron chi connectivity index (χ2n) is 9.51. The van der Waals surface area contributed by atoms with Crippen molar-refractivity contribution >= 4 is 14.4 Å². The number of pyridine rings is 1. The Labute approximate surface area is 176 Å². The van der Waals surface area contributed by atoms with Gasteiger partial charge >= 0.3 is 6.09 Å². The quantitative estimate of drug-likeness (QED) is 0.531. The van der Waals surface area contributed by atoms with E-state index in [0.717, 1.165) is 0 Å². The van der Waals surface area contributed by atoms with Gasteiger partial charge in [-0.25, -0.2) is 9.78 Å². The Bertz CT molecular complexity index is 740. The summed E-state index contributed by atoms with van der Waals surface area (Å²) in [5.41, 5.74) is -0.0139. The number of nitrogens with one attached hydrogen (secondary N) is 1.